The zero-order chi connectivity index (χ0) is 14.0. The Bertz CT molecular complexity index is 564. The quantitative estimate of drug-likeness (QED) is 0.663. The summed E-state index contributed by atoms with van der Waals surface area (Å²) in [5, 5.41) is 13.4. The SMILES string of the molecule is COc1cc(/C=C2\C(=O)ON=C2C)cc(OC)c1O. The Morgan fingerprint density at radius 1 is 1.26 bits per heavy atom. The van der Waals surface area contributed by atoms with Crippen molar-refractivity contribution in [2.24, 2.45) is 5.16 Å². The van der Waals surface area contributed by atoms with E-state index in [-0.39, 0.29) is 17.2 Å². The molecule has 6 nitrogen and oxygen atoms in total. The molecule has 0 unspecified atom stereocenters. The molecule has 1 aromatic rings. The van der Waals surface area contributed by atoms with Gasteiger partial charge in [-0.05, 0) is 30.7 Å². The largest absolute Gasteiger partial charge is 0.502 e. The van der Waals surface area contributed by atoms with E-state index < -0.39 is 5.97 Å². The molecule has 6 heteroatoms. The van der Waals surface area contributed by atoms with Gasteiger partial charge in [0.25, 0.3) is 0 Å². The standard InChI is InChI=1S/C13H13NO5/c1-7-9(13(16)19-14-7)4-8-5-10(17-2)12(15)11(6-8)18-3/h4-6,15H,1-3H3/b9-4-. The van der Waals surface area contributed by atoms with Crippen molar-refractivity contribution in [3.8, 4) is 17.2 Å². The summed E-state index contributed by atoms with van der Waals surface area (Å²) in [5.41, 5.74) is 1.49. The highest BCUT2D eigenvalue weighted by atomic mass is 16.7. The van der Waals surface area contributed by atoms with Gasteiger partial charge in [-0.2, -0.15) is 0 Å². The summed E-state index contributed by atoms with van der Waals surface area (Å²) in [6.07, 6.45) is 1.60. The average molecular weight is 263 g/mol. The Labute approximate surface area is 109 Å². The number of rotatable bonds is 3. The zero-order valence-corrected chi connectivity index (χ0v) is 10.8. The fourth-order valence-corrected chi connectivity index (χ4v) is 1.68. The molecule has 0 spiro atoms. The van der Waals surface area contributed by atoms with E-state index in [1.54, 1.807) is 25.1 Å². The topological polar surface area (TPSA) is 77.4 Å². The Morgan fingerprint density at radius 3 is 2.26 bits per heavy atom. The van der Waals surface area contributed by atoms with Crippen molar-refractivity contribution < 1.29 is 24.2 Å². The first-order valence-electron chi connectivity index (χ1n) is 5.49. The third-order valence-corrected chi connectivity index (χ3v) is 2.69. The highest BCUT2D eigenvalue weighted by molar-refractivity contribution is 6.24. The van der Waals surface area contributed by atoms with Gasteiger partial charge in [0.15, 0.2) is 11.5 Å². The van der Waals surface area contributed by atoms with Gasteiger partial charge >= 0.3 is 5.97 Å². The number of nitrogens with zero attached hydrogens (tertiary/aromatic N) is 1. The number of phenolic OH excluding ortho intramolecular Hbond substituents is 1. The lowest BCUT2D eigenvalue weighted by Crippen LogP contribution is -2.01. The Kier molecular flexibility index (Phi) is 3.41. The van der Waals surface area contributed by atoms with Crippen LogP contribution in [0.1, 0.15) is 12.5 Å². The number of aromatic hydroxyl groups is 1. The lowest BCUT2D eigenvalue weighted by atomic mass is 10.1. The lowest BCUT2D eigenvalue weighted by Gasteiger charge is -2.09. The van der Waals surface area contributed by atoms with E-state index in [1.807, 2.05) is 0 Å². The molecule has 0 saturated heterocycles. The summed E-state index contributed by atoms with van der Waals surface area (Å²) in [5.74, 6) is -0.0886. The van der Waals surface area contributed by atoms with Crippen molar-refractivity contribution in [3.05, 3.63) is 23.3 Å². The minimum absolute atomic E-state index is 0.0912. The predicted molar refractivity (Wildman–Crippen MR) is 68.4 cm³/mol. The Balaban J connectivity index is 2.49. The van der Waals surface area contributed by atoms with Crippen LogP contribution in [0.2, 0.25) is 0 Å². The molecular formula is C13H13NO5. The van der Waals surface area contributed by atoms with Crippen LogP contribution in [-0.4, -0.2) is 31.0 Å². The van der Waals surface area contributed by atoms with Gasteiger partial charge in [0.2, 0.25) is 5.75 Å². The molecule has 1 aliphatic rings. The van der Waals surface area contributed by atoms with Gasteiger partial charge in [-0.25, -0.2) is 4.79 Å². The van der Waals surface area contributed by atoms with Gasteiger partial charge in [-0.1, -0.05) is 5.16 Å². The molecule has 0 aliphatic carbocycles. The molecule has 0 bridgehead atoms. The van der Waals surface area contributed by atoms with Gasteiger partial charge in [0, 0.05) is 0 Å². The molecule has 0 radical (unpaired) electrons. The van der Waals surface area contributed by atoms with Crippen LogP contribution in [0, 0.1) is 0 Å². The summed E-state index contributed by atoms with van der Waals surface area (Å²) < 4.78 is 10.1. The van der Waals surface area contributed by atoms with E-state index in [0.717, 1.165) is 0 Å². The summed E-state index contributed by atoms with van der Waals surface area (Å²) in [7, 11) is 2.86. The highest BCUT2D eigenvalue weighted by Gasteiger charge is 2.22. The van der Waals surface area contributed by atoms with E-state index in [2.05, 4.69) is 9.99 Å². The maximum Gasteiger partial charge on any atom is 0.367 e. The van der Waals surface area contributed by atoms with E-state index in [0.29, 0.717) is 16.8 Å². The van der Waals surface area contributed by atoms with Crippen molar-refractivity contribution in [1.29, 1.82) is 0 Å². The number of oxime groups is 1. The number of hydrogen-bond acceptors (Lipinski definition) is 6. The fourth-order valence-electron chi connectivity index (χ4n) is 1.68. The molecule has 1 aliphatic heterocycles. The number of phenols is 1. The van der Waals surface area contributed by atoms with Crippen LogP contribution < -0.4 is 9.47 Å². The first-order chi connectivity index (χ1) is 9.06. The van der Waals surface area contributed by atoms with Gasteiger partial charge in [0.1, 0.15) is 0 Å². The Morgan fingerprint density at radius 2 is 1.84 bits per heavy atom. The van der Waals surface area contributed by atoms with Crippen LogP contribution in [0.3, 0.4) is 0 Å². The zero-order valence-electron chi connectivity index (χ0n) is 10.8. The predicted octanol–water partition coefficient (Wildman–Crippen LogP) is 1.73. The third-order valence-electron chi connectivity index (χ3n) is 2.69. The summed E-state index contributed by atoms with van der Waals surface area (Å²) in [4.78, 5) is 16.0. The second-order valence-corrected chi connectivity index (χ2v) is 3.89. The molecule has 0 saturated carbocycles. The van der Waals surface area contributed by atoms with Crippen LogP contribution in [-0.2, 0) is 9.63 Å². The van der Waals surface area contributed by atoms with Crippen LogP contribution in [0.15, 0.2) is 22.9 Å². The van der Waals surface area contributed by atoms with E-state index in [9.17, 15) is 9.90 Å². The van der Waals surface area contributed by atoms with E-state index in [1.165, 1.54) is 14.2 Å². The number of carbonyl (C=O) groups is 1. The van der Waals surface area contributed by atoms with Crippen molar-refractivity contribution in [2.45, 2.75) is 6.92 Å². The third kappa shape index (κ3) is 2.37. The van der Waals surface area contributed by atoms with Crippen LogP contribution >= 0.6 is 0 Å². The number of benzene rings is 1. The van der Waals surface area contributed by atoms with Crippen molar-refractivity contribution in [2.75, 3.05) is 14.2 Å². The van der Waals surface area contributed by atoms with Gasteiger partial charge in [-0.3, -0.25) is 0 Å². The number of methoxy groups -OCH3 is 2. The highest BCUT2D eigenvalue weighted by Crippen LogP contribution is 2.37. The monoisotopic (exact) mass is 263 g/mol. The molecule has 1 heterocycles. The molecule has 0 aromatic heterocycles. The van der Waals surface area contributed by atoms with E-state index in [4.69, 9.17) is 9.47 Å². The molecule has 19 heavy (non-hydrogen) atoms. The maximum atomic E-state index is 11.4. The van der Waals surface area contributed by atoms with Crippen molar-refractivity contribution in [1.82, 2.24) is 0 Å². The normalized spacial score (nSPS) is 16.3. The van der Waals surface area contributed by atoms with Crippen LogP contribution in [0.5, 0.6) is 17.2 Å². The molecular weight excluding hydrogens is 250 g/mol. The average Bonchev–Trinajstić information content (AvgIpc) is 2.72. The number of hydrogen-bond donors (Lipinski definition) is 1. The fraction of sp³-hybridized carbons (Fsp3) is 0.231. The number of carbonyl (C=O) groups excluding carboxylic acids is 1. The molecule has 100 valence electrons. The molecule has 2 rings (SSSR count). The van der Waals surface area contributed by atoms with Crippen LogP contribution in [0.25, 0.3) is 6.08 Å². The number of ether oxygens (including phenoxy) is 2. The van der Waals surface area contributed by atoms with Gasteiger partial charge in [-0.15, -0.1) is 0 Å². The first-order valence-corrected chi connectivity index (χ1v) is 5.49. The van der Waals surface area contributed by atoms with Crippen LogP contribution in [0.4, 0.5) is 0 Å². The van der Waals surface area contributed by atoms with Crippen molar-refractivity contribution in [3.63, 3.8) is 0 Å². The first kappa shape index (κ1) is 12.9. The van der Waals surface area contributed by atoms with Gasteiger partial charge in [0.05, 0.1) is 25.5 Å². The Hall–Kier alpha value is -2.50. The lowest BCUT2D eigenvalue weighted by molar-refractivity contribution is -0.136. The van der Waals surface area contributed by atoms with E-state index >= 15 is 0 Å². The summed E-state index contributed by atoms with van der Waals surface area (Å²) >= 11 is 0. The molecule has 0 amide bonds. The maximum absolute atomic E-state index is 11.4. The van der Waals surface area contributed by atoms with Crippen molar-refractivity contribution >= 4 is 17.8 Å². The molecule has 1 aromatic carbocycles. The minimum atomic E-state index is -0.511. The van der Waals surface area contributed by atoms with Gasteiger partial charge < -0.3 is 19.4 Å². The molecule has 0 fully saturated rings. The molecule has 0 atom stereocenters. The second kappa shape index (κ2) is 5.01. The summed E-state index contributed by atoms with van der Waals surface area (Å²) in [6.45, 7) is 1.67. The smallest absolute Gasteiger partial charge is 0.367 e. The molecule has 1 N–H and O–H groups in total. The summed E-state index contributed by atoms with van der Waals surface area (Å²) in [6, 6.07) is 3.17. The minimum Gasteiger partial charge on any atom is -0.502 e. The second-order valence-electron chi connectivity index (χ2n) is 3.89.